The number of nitrogens with one attached hydrogen (secondary N) is 1. The second kappa shape index (κ2) is 5.87. The van der Waals surface area contributed by atoms with Gasteiger partial charge in [0.25, 0.3) is 0 Å². The molecule has 0 unspecified atom stereocenters. The molecule has 1 aromatic rings. The number of aromatic nitrogens is 1. The molecule has 1 heterocycles. The summed E-state index contributed by atoms with van der Waals surface area (Å²) in [6.07, 6.45) is 7.75. The van der Waals surface area contributed by atoms with Crippen LogP contribution >= 0.6 is 11.3 Å². The summed E-state index contributed by atoms with van der Waals surface area (Å²) >= 11 is 1.39. The molecule has 1 aromatic heterocycles. The Balaban J connectivity index is 1.97. The standard InChI is InChI=1S/C12H17N3OS/c13-8-7-10-11(16)15-12(17-10)14-9-5-3-1-2-4-6-9/h9,16H,1-7H2,(H,14,15). The molecular formula is C12H17N3OS. The van der Waals surface area contributed by atoms with Gasteiger partial charge >= 0.3 is 0 Å². The Morgan fingerprint density at radius 3 is 2.71 bits per heavy atom. The lowest BCUT2D eigenvalue weighted by molar-refractivity contribution is 0.453. The maximum Gasteiger partial charge on any atom is 0.228 e. The van der Waals surface area contributed by atoms with Crippen molar-refractivity contribution >= 4 is 16.5 Å². The van der Waals surface area contributed by atoms with Crippen LogP contribution in [0.25, 0.3) is 0 Å². The van der Waals surface area contributed by atoms with Crippen LogP contribution in [-0.2, 0) is 6.42 Å². The SMILES string of the molecule is N#CCc1sc(NC2CCCCCC2)nc1O. The predicted molar refractivity (Wildman–Crippen MR) is 68.2 cm³/mol. The Morgan fingerprint density at radius 1 is 1.35 bits per heavy atom. The Hall–Kier alpha value is -1.28. The fraction of sp³-hybridized carbons (Fsp3) is 0.667. The quantitative estimate of drug-likeness (QED) is 0.810. The summed E-state index contributed by atoms with van der Waals surface area (Å²) in [5, 5.41) is 22.3. The zero-order valence-corrected chi connectivity index (χ0v) is 10.6. The molecule has 0 atom stereocenters. The Kier molecular flexibility index (Phi) is 4.21. The molecule has 92 valence electrons. The van der Waals surface area contributed by atoms with Gasteiger partial charge in [-0.25, -0.2) is 0 Å². The number of rotatable bonds is 3. The second-order valence-electron chi connectivity index (χ2n) is 4.43. The van der Waals surface area contributed by atoms with E-state index in [0.717, 1.165) is 5.13 Å². The van der Waals surface area contributed by atoms with Gasteiger partial charge in [0.05, 0.1) is 17.4 Å². The number of anilines is 1. The normalized spacial score (nSPS) is 17.4. The van der Waals surface area contributed by atoms with Crippen LogP contribution in [0.2, 0.25) is 0 Å². The molecule has 0 aromatic carbocycles. The monoisotopic (exact) mass is 251 g/mol. The van der Waals surface area contributed by atoms with E-state index in [4.69, 9.17) is 5.26 Å². The predicted octanol–water partition coefficient (Wildman–Crippen LogP) is 3.05. The van der Waals surface area contributed by atoms with Crippen molar-refractivity contribution in [1.29, 1.82) is 5.26 Å². The van der Waals surface area contributed by atoms with Crippen molar-refractivity contribution in [1.82, 2.24) is 4.98 Å². The molecule has 2 N–H and O–H groups in total. The lowest BCUT2D eigenvalue weighted by atomic mass is 10.1. The van der Waals surface area contributed by atoms with Gasteiger partial charge < -0.3 is 10.4 Å². The van der Waals surface area contributed by atoms with Crippen LogP contribution in [-0.4, -0.2) is 16.1 Å². The van der Waals surface area contributed by atoms with Crippen molar-refractivity contribution in [3.8, 4) is 11.9 Å². The summed E-state index contributed by atoms with van der Waals surface area (Å²) in [4.78, 5) is 4.72. The average molecular weight is 251 g/mol. The maximum absolute atomic E-state index is 9.56. The number of hydrogen-bond acceptors (Lipinski definition) is 5. The molecule has 0 bridgehead atoms. The van der Waals surface area contributed by atoms with Gasteiger partial charge in [0, 0.05) is 6.04 Å². The molecule has 1 aliphatic carbocycles. The second-order valence-corrected chi connectivity index (χ2v) is 5.52. The van der Waals surface area contributed by atoms with Gasteiger partial charge in [-0.15, -0.1) is 0 Å². The molecule has 4 nitrogen and oxygen atoms in total. The first-order valence-electron chi connectivity index (χ1n) is 6.11. The first-order chi connectivity index (χ1) is 8.29. The van der Waals surface area contributed by atoms with Gasteiger partial charge in [-0.2, -0.15) is 10.2 Å². The van der Waals surface area contributed by atoms with Crippen molar-refractivity contribution in [2.75, 3.05) is 5.32 Å². The number of thiazole rings is 1. The first kappa shape index (κ1) is 12.2. The van der Waals surface area contributed by atoms with Crippen LogP contribution in [0.5, 0.6) is 5.88 Å². The van der Waals surface area contributed by atoms with Crippen LogP contribution in [0.4, 0.5) is 5.13 Å². The van der Waals surface area contributed by atoms with E-state index in [1.165, 1.54) is 49.9 Å². The molecule has 5 heteroatoms. The molecule has 1 saturated carbocycles. The van der Waals surface area contributed by atoms with E-state index in [0.29, 0.717) is 10.9 Å². The zero-order chi connectivity index (χ0) is 12.1. The third kappa shape index (κ3) is 3.34. The number of aromatic hydroxyl groups is 1. The molecule has 1 fully saturated rings. The summed E-state index contributed by atoms with van der Waals surface area (Å²) in [5.74, 6) is 0.00710. The fourth-order valence-electron chi connectivity index (χ4n) is 2.19. The highest BCUT2D eigenvalue weighted by Gasteiger charge is 2.15. The van der Waals surface area contributed by atoms with Gasteiger partial charge in [-0.05, 0) is 12.8 Å². The zero-order valence-electron chi connectivity index (χ0n) is 9.78. The third-order valence-corrected chi connectivity index (χ3v) is 4.07. The molecule has 17 heavy (non-hydrogen) atoms. The van der Waals surface area contributed by atoms with Gasteiger partial charge in [0.2, 0.25) is 5.88 Å². The highest BCUT2D eigenvalue weighted by molar-refractivity contribution is 7.15. The van der Waals surface area contributed by atoms with Crippen molar-refractivity contribution in [3.63, 3.8) is 0 Å². The van der Waals surface area contributed by atoms with Crippen molar-refractivity contribution in [2.45, 2.75) is 51.0 Å². The molecule has 2 rings (SSSR count). The summed E-state index contributed by atoms with van der Waals surface area (Å²) in [6.45, 7) is 0. The third-order valence-electron chi connectivity index (χ3n) is 3.10. The summed E-state index contributed by atoms with van der Waals surface area (Å²) in [6, 6.07) is 2.50. The van der Waals surface area contributed by atoms with Crippen molar-refractivity contribution < 1.29 is 5.11 Å². The van der Waals surface area contributed by atoms with E-state index < -0.39 is 0 Å². The topological polar surface area (TPSA) is 68.9 Å². The smallest absolute Gasteiger partial charge is 0.228 e. The molecule has 0 radical (unpaired) electrons. The van der Waals surface area contributed by atoms with Crippen LogP contribution in [0.3, 0.4) is 0 Å². The fourth-order valence-corrected chi connectivity index (χ4v) is 3.06. The van der Waals surface area contributed by atoms with Gasteiger partial charge in [-0.1, -0.05) is 37.0 Å². The maximum atomic E-state index is 9.56. The molecular weight excluding hydrogens is 234 g/mol. The minimum Gasteiger partial charge on any atom is -0.492 e. The van der Waals surface area contributed by atoms with E-state index in [-0.39, 0.29) is 12.3 Å². The molecule has 0 spiro atoms. The first-order valence-corrected chi connectivity index (χ1v) is 6.93. The van der Waals surface area contributed by atoms with E-state index in [2.05, 4.69) is 10.3 Å². The van der Waals surface area contributed by atoms with Gasteiger partial charge in [-0.3, -0.25) is 0 Å². The van der Waals surface area contributed by atoms with E-state index in [9.17, 15) is 5.11 Å². The summed E-state index contributed by atoms with van der Waals surface area (Å²) in [5.41, 5.74) is 0. The summed E-state index contributed by atoms with van der Waals surface area (Å²) < 4.78 is 0. The Bertz CT molecular complexity index is 402. The largest absolute Gasteiger partial charge is 0.492 e. The highest BCUT2D eigenvalue weighted by atomic mass is 32.1. The van der Waals surface area contributed by atoms with Crippen LogP contribution in [0.15, 0.2) is 0 Å². The van der Waals surface area contributed by atoms with Gasteiger partial charge in [0.1, 0.15) is 0 Å². The minimum absolute atomic E-state index is 0.00710. The molecule has 0 amide bonds. The molecule has 0 aliphatic heterocycles. The molecule has 1 aliphatic rings. The Labute approximate surface area is 105 Å². The minimum atomic E-state index is 0.00710. The van der Waals surface area contributed by atoms with Crippen LogP contribution < -0.4 is 5.32 Å². The van der Waals surface area contributed by atoms with Crippen LogP contribution in [0, 0.1) is 11.3 Å². The van der Waals surface area contributed by atoms with Crippen molar-refractivity contribution in [2.24, 2.45) is 0 Å². The number of nitrogens with zero attached hydrogens (tertiary/aromatic N) is 2. The van der Waals surface area contributed by atoms with Gasteiger partial charge in [0.15, 0.2) is 5.13 Å². The van der Waals surface area contributed by atoms with Crippen LogP contribution in [0.1, 0.15) is 43.4 Å². The number of hydrogen-bond donors (Lipinski definition) is 2. The highest BCUT2D eigenvalue weighted by Crippen LogP contribution is 2.30. The lowest BCUT2D eigenvalue weighted by Gasteiger charge is -2.14. The lowest BCUT2D eigenvalue weighted by Crippen LogP contribution is -2.17. The average Bonchev–Trinajstić information content (AvgIpc) is 2.54. The molecule has 0 saturated heterocycles. The van der Waals surface area contributed by atoms with E-state index in [1.54, 1.807) is 0 Å². The van der Waals surface area contributed by atoms with Crippen molar-refractivity contribution in [3.05, 3.63) is 4.88 Å². The van der Waals surface area contributed by atoms with E-state index in [1.807, 2.05) is 6.07 Å². The number of nitriles is 1. The van der Waals surface area contributed by atoms with E-state index >= 15 is 0 Å². The summed E-state index contributed by atoms with van der Waals surface area (Å²) in [7, 11) is 0. The Morgan fingerprint density at radius 2 is 2.06 bits per heavy atom.